The van der Waals surface area contributed by atoms with Crippen molar-refractivity contribution in [3.05, 3.63) is 29.8 Å². The lowest BCUT2D eigenvalue weighted by Crippen LogP contribution is -2.31. The van der Waals surface area contributed by atoms with Gasteiger partial charge in [0.25, 0.3) is 0 Å². The minimum Gasteiger partial charge on any atom is -0.207 e. The molecule has 0 spiro atoms. The minimum absolute atomic E-state index is 0.215. The summed E-state index contributed by atoms with van der Waals surface area (Å²) in [6.07, 6.45) is 4.71. The van der Waals surface area contributed by atoms with Crippen LogP contribution < -0.4 is 0 Å². The van der Waals surface area contributed by atoms with Gasteiger partial charge in [0.1, 0.15) is 0 Å². The van der Waals surface area contributed by atoms with Crippen LogP contribution >= 0.6 is 11.6 Å². The molecule has 19 heavy (non-hydrogen) atoms. The quantitative estimate of drug-likeness (QED) is 0.783. The lowest BCUT2D eigenvalue weighted by Gasteiger charge is -2.21. The molecule has 1 aromatic carbocycles. The van der Waals surface area contributed by atoms with E-state index in [9.17, 15) is 8.42 Å². The van der Waals surface area contributed by atoms with Crippen molar-refractivity contribution in [1.29, 1.82) is 0 Å². The molecule has 0 N–H and O–H groups in total. The highest BCUT2D eigenvalue weighted by atomic mass is 35.5. The zero-order chi connectivity index (χ0) is 13.9. The first-order valence-corrected chi connectivity index (χ1v) is 8.63. The highest BCUT2D eigenvalue weighted by Crippen LogP contribution is 2.28. The number of benzene rings is 1. The van der Waals surface area contributed by atoms with E-state index in [0.717, 1.165) is 12.8 Å². The van der Waals surface area contributed by atoms with Crippen LogP contribution in [0.25, 0.3) is 0 Å². The van der Waals surface area contributed by atoms with Crippen molar-refractivity contribution >= 4 is 21.6 Å². The first kappa shape index (κ1) is 14.8. The number of nitrogens with zero attached hydrogens (tertiary/aromatic N) is 1. The van der Waals surface area contributed by atoms with Gasteiger partial charge in [0.05, 0.1) is 4.90 Å². The summed E-state index contributed by atoms with van der Waals surface area (Å²) in [5, 5.41) is 0. The van der Waals surface area contributed by atoms with E-state index in [0.29, 0.717) is 22.9 Å². The topological polar surface area (TPSA) is 37.4 Å². The fraction of sp³-hybridized carbons (Fsp3) is 0.571. The molecular weight excluding hydrogens is 282 g/mol. The molecule has 0 aromatic heterocycles. The smallest absolute Gasteiger partial charge is 0.207 e. The van der Waals surface area contributed by atoms with E-state index in [1.54, 1.807) is 25.2 Å². The normalized spacial score (nSPS) is 17.2. The van der Waals surface area contributed by atoms with Gasteiger partial charge in [-0.3, -0.25) is 0 Å². The predicted octanol–water partition coefficient (Wildman–Crippen LogP) is 3.24. The van der Waals surface area contributed by atoms with Crippen LogP contribution in [0.5, 0.6) is 0 Å². The monoisotopic (exact) mass is 301 g/mol. The first-order valence-electron chi connectivity index (χ1n) is 6.66. The Morgan fingerprint density at radius 3 is 2.53 bits per heavy atom. The van der Waals surface area contributed by atoms with E-state index >= 15 is 0 Å². The Kier molecular flexibility index (Phi) is 4.87. The van der Waals surface area contributed by atoms with E-state index in [-0.39, 0.29) is 5.88 Å². The molecule has 0 heterocycles. The molecule has 0 aliphatic heterocycles. The van der Waals surface area contributed by atoms with Crippen LogP contribution in [0, 0.1) is 5.92 Å². The summed E-state index contributed by atoms with van der Waals surface area (Å²) in [6.45, 7) is 0.610. The number of sulfonamides is 1. The fourth-order valence-corrected chi connectivity index (χ4v) is 4.47. The SMILES string of the molecule is CN(CC1CCCC1)S(=O)(=O)c1ccccc1CCl. The maximum absolute atomic E-state index is 12.6. The lowest BCUT2D eigenvalue weighted by atomic mass is 10.1. The van der Waals surface area contributed by atoms with Crippen molar-refractivity contribution in [2.45, 2.75) is 36.5 Å². The summed E-state index contributed by atoms with van der Waals surface area (Å²) in [5.41, 5.74) is 0.669. The van der Waals surface area contributed by atoms with Crippen molar-refractivity contribution in [2.24, 2.45) is 5.92 Å². The minimum atomic E-state index is -3.42. The Morgan fingerprint density at radius 1 is 1.26 bits per heavy atom. The van der Waals surface area contributed by atoms with Gasteiger partial charge in [-0.1, -0.05) is 31.0 Å². The standard InChI is InChI=1S/C14H20ClNO2S/c1-16(11-12-6-2-3-7-12)19(17,18)14-9-5-4-8-13(14)10-15/h4-5,8-9,12H,2-3,6-7,10-11H2,1H3. The average Bonchev–Trinajstić information content (AvgIpc) is 2.91. The zero-order valence-corrected chi connectivity index (χ0v) is 12.8. The Hall–Kier alpha value is -0.580. The third-order valence-electron chi connectivity index (χ3n) is 3.79. The van der Waals surface area contributed by atoms with Gasteiger partial charge in [-0.25, -0.2) is 12.7 Å². The Morgan fingerprint density at radius 2 is 1.89 bits per heavy atom. The van der Waals surface area contributed by atoms with Gasteiger partial charge in [0, 0.05) is 19.5 Å². The molecule has 0 unspecified atom stereocenters. The maximum Gasteiger partial charge on any atom is 0.243 e. The van der Waals surface area contributed by atoms with Crippen molar-refractivity contribution in [3.8, 4) is 0 Å². The molecule has 1 saturated carbocycles. The Balaban J connectivity index is 2.20. The molecule has 0 atom stereocenters. The van der Waals surface area contributed by atoms with Crippen molar-refractivity contribution < 1.29 is 8.42 Å². The fourth-order valence-electron chi connectivity index (χ4n) is 2.69. The van der Waals surface area contributed by atoms with Gasteiger partial charge in [0.2, 0.25) is 10.0 Å². The summed E-state index contributed by atoms with van der Waals surface area (Å²) >= 11 is 5.83. The van der Waals surface area contributed by atoms with Gasteiger partial charge in [-0.05, 0) is 30.4 Å². The second-order valence-electron chi connectivity index (χ2n) is 5.18. The van der Waals surface area contributed by atoms with Crippen LogP contribution in [0.2, 0.25) is 0 Å². The predicted molar refractivity (Wildman–Crippen MR) is 77.8 cm³/mol. The van der Waals surface area contributed by atoms with Crippen LogP contribution in [-0.4, -0.2) is 26.3 Å². The maximum atomic E-state index is 12.6. The largest absolute Gasteiger partial charge is 0.243 e. The summed E-state index contributed by atoms with van der Waals surface area (Å²) in [5.74, 6) is 0.718. The molecule has 0 radical (unpaired) electrons. The van der Waals surface area contributed by atoms with E-state index in [1.807, 2.05) is 6.07 Å². The zero-order valence-electron chi connectivity index (χ0n) is 11.2. The van der Waals surface area contributed by atoms with Gasteiger partial charge in [-0.2, -0.15) is 0 Å². The Labute approximate surface area is 120 Å². The highest BCUT2D eigenvalue weighted by Gasteiger charge is 2.26. The third-order valence-corrected chi connectivity index (χ3v) is 6.01. The summed E-state index contributed by atoms with van der Waals surface area (Å²) in [4.78, 5) is 0.338. The molecule has 1 fully saturated rings. The molecule has 0 amide bonds. The average molecular weight is 302 g/mol. The molecule has 0 saturated heterocycles. The van der Waals surface area contributed by atoms with Crippen LogP contribution in [0.3, 0.4) is 0 Å². The second-order valence-corrected chi connectivity index (χ2v) is 7.46. The molecular formula is C14H20ClNO2S. The van der Waals surface area contributed by atoms with Gasteiger partial charge in [-0.15, -0.1) is 11.6 Å². The molecule has 0 bridgehead atoms. The second kappa shape index (κ2) is 6.25. The number of rotatable bonds is 5. The molecule has 106 valence electrons. The van der Waals surface area contributed by atoms with Crippen LogP contribution in [-0.2, 0) is 15.9 Å². The van der Waals surface area contributed by atoms with Crippen LogP contribution in [0.4, 0.5) is 0 Å². The van der Waals surface area contributed by atoms with E-state index < -0.39 is 10.0 Å². The van der Waals surface area contributed by atoms with Gasteiger partial charge < -0.3 is 0 Å². The van der Waals surface area contributed by atoms with Gasteiger partial charge in [0.15, 0.2) is 0 Å². The summed E-state index contributed by atoms with van der Waals surface area (Å²) in [7, 11) is -1.75. The first-order chi connectivity index (χ1) is 9.05. The van der Waals surface area contributed by atoms with E-state index in [1.165, 1.54) is 17.1 Å². The molecule has 1 aromatic rings. The number of hydrogen-bond acceptors (Lipinski definition) is 2. The summed E-state index contributed by atoms with van der Waals surface area (Å²) < 4.78 is 26.6. The van der Waals surface area contributed by atoms with E-state index in [4.69, 9.17) is 11.6 Å². The number of alkyl halides is 1. The lowest BCUT2D eigenvalue weighted by molar-refractivity contribution is 0.387. The molecule has 3 nitrogen and oxygen atoms in total. The summed E-state index contributed by atoms with van der Waals surface area (Å²) in [6, 6.07) is 6.96. The third kappa shape index (κ3) is 3.30. The highest BCUT2D eigenvalue weighted by molar-refractivity contribution is 7.89. The van der Waals surface area contributed by atoms with Crippen molar-refractivity contribution in [1.82, 2.24) is 4.31 Å². The molecule has 1 aliphatic carbocycles. The number of halogens is 1. The molecule has 2 rings (SSSR count). The van der Waals surface area contributed by atoms with Gasteiger partial charge >= 0.3 is 0 Å². The van der Waals surface area contributed by atoms with Crippen LogP contribution in [0.1, 0.15) is 31.2 Å². The van der Waals surface area contributed by atoms with E-state index in [2.05, 4.69) is 0 Å². The molecule has 5 heteroatoms. The van der Waals surface area contributed by atoms with Crippen LogP contribution in [0.15, 0.2) is 29.2 Å². The van der Waals surface area contributed by atoms with Crippen molar-refractivity contribution in [3.63, 3.8) is 0 Å². The molecule has 1 aliphatic rings. The number of hydrogen-bond donors (Lipinski definition) is 0. The van der Waals surface area contributed by atoms with Crippen molar-refractivity contribution in [2.75, 3.05) is 13.6 Å². The Bertz CT molecular complexity index is 524.